The highest BCUT2D eigenvalue weighted by Gasteiger charge is 2.62. The molecule has 1 fully saturated rings. The first-order valence-corrected chi connectivity index (χ1v) is 10.8. The predicted molar refractivity (Wildman–Crippen MR) is 115 cm³/mol. The minimum absolute atomic E-state index is 0.0476. The Bertz CT molecular complexity index is 1250. The zero-order valence-corrected chi connectivity index (χ0v) is 19.0. The van der Waals surface area contributed by atoms with Crippen molar-refractivity contribution in [1.82, 2.24) is 4.90 Å². The summed E-state index contributed by atoms with van der Waals surface area (Å²) in [6, 6.07) is 5.99. The molecule has 1 saturated heterocycles. The van der Waals surface area contributed by atoms with Gasteiger partial charge in [0.2, 0.25) is 6.19 Å². The fraction of sp³-hybridized carbons (Fsp3) is 0.375. The Hall–Kier alpha value is -3.62. The number of hydrogen-bond donors (Lipinski definition) is 0. The van der Waals surface area contributed by atoms with E-state index in [1.54, 1.807) is 11.1 Å². The number of rotatable bonds is 4. The Morgan fingerprint density at radius 1 is 1.08 bits per heavy atom. The van der Waals surface area contributed by atoms with Crippen LogP contribution < -0.4 is 0 Å². The minimum atomic E-state index is -5.15. The molecule has 36 heavy (non-hydrogen) atoms. The van der Waals surface area contributed by atoms with Crippen LogP contribution >= 0.6 is 0 Å². The van der Waals surface area contributed by atoms with Crippen molar-refractivity contribution in [1.29, 1.82) is 5.26 Å². The van der Waals surface area contributed by atoms with Crippen LogP contribution in [0.2, 0.25) is 0 Å². The van der Waals surface area contributed by atoms with Crippen LogP contribution in [0.3, 0.4) is 0 Å². The monoisotopic (exact) mass is 512 g/mol. The normalized spacial score (nSPS) is 21.6. The Morgan fingerprint density at radius 3 is 2.17 bits per heavy atom. The first-order chi connectivity index (χ1) is 16.8. The fourth-order valence-electron chi connectivity index (χ4n) is 4.33. The van der Waals surface area contributed by atoms with Gasteiger partial charge in [-0.25, -0.2) is 17.6 Å². The van der Waals surface area contributed by atoms with E-state index in [4.69, 9.17) is 10.1 Å². The summed E-state index contributed by atoms with van der Waals surface area (Å²) in [4.78, 5) is 10.1. The van der Waals surface area contributed by atoms with Crippen molar-refractivity contribution < 1.29 is 35.6 Å². The lowest BCUT2D eigenvalue weighted by atomic mass is 9.84. The molecule has 2 aliphatic heterocycles. The van der Waals surface area contributed by atoms with Gasteiger partial charge in [-0.3, -0.25) is 0 Å². The molecule has 0 aliphatic carbocycles. The Labute approximate surface area is 201 Å². The number of alkyl halides is 4. The lowest BCUT2D eigenvalue weighted by Crippen LogP contribution is -2.59. The summed E-state index contributed by atoms with van der Waals surface area (Å²) >= 11 is 0. The molecule has 2 aromatic carbocycles. The Kier molecular flexibility index (Phi) is 6.22. The second kappa shape index (κ2) is 8.80. The SMILES string of the molecule is CC(C)C(=NC#N)N1CC(F)(c2ccc(C3=NOC(c4cc(F)c(F)c(F)c4)(C(F)(F)F)C3)cc2)C1. The topological polar surface area (TPSA) is 61.0 Å². The van der Waals surface area contributed by atoms with Gasteiger partial charge >= 0.3 is 6.18 Å². The third-order valence-electron chi connectivity index (χ3n) is 6.26. The molecule has 4 rings (SSSR count). The molecule has 0 aromatic heterocycles. The van der Waals surface area contributed by atoms with E-state index in [1.165, 1.54) is 24.3 Å². The maximum atomic E-state index is 15.4. The van der Waals surface area contributed by atoms with E-state index >= 15 is 4.39 Å². The molecule has 0 N–H and O–H groups in total. The van der Waals surface area contributed by atoms with Gasteiger partial charge in [-0.15, -0.1) is 0 Å². The molecule has 1 unspecified atom stereocenters. The van der Waals surface area contributed by atoms with Gasteiger partial charge in [-0.1, -0.05) is 43.3 Å². The number of hydrogen-bond acceptors (Lipinski definition) is 4. The van der Waals surface area contributed by atoms with E-state index in [1.807, 2.05) is 13.8 Å². The summed E-state index contributed by atoms with van der Waals surface area (Å²) in [6.07, 6.45) is -4.38. The predicted octanol–water partition coefficient (Wildman–Crippen LogP) is 5.70. The molecule has 0 radical (unpaired) electrons. The second-order valence-corrected chi connectivity index (χ2v) is 9.01. The van der Waals surface area contributed by atoms with Crippen molar-refractivity contribution in [2.75, 3.05) is 13.1 Å². The van der Waals surface area contributed by atoms with Crippen LogP contribution in [0, 0.1) is 34.8 Å². The quantitative estimate of drug-likeness (QED) is 0.174. The number of benzene rings is 2. The van der Waals surface area contributed by atoms with Gasteiger partial charge in [0.05, 0.1) is 18.8 Å². The number of aliphatic imine (C=N–C) groups is 1. The number of halogens is 7. The molecular weight excluding hydrogens is 493 g/mol. The average Bonchev–Trinajstić information content (AvgIpc) is 3.26. The van der Waals surface area contributed by atoms with E-state index in [2.05, 4.69) is 10.1 Å². The first-order valence-electron chi connectivity index (χ1n) is 10.8. The van der Waals surface area contributed by atoms with Crippen LogP contribution in [0.1, 0.15) is 37.0 Å². The number of nitrogens with zero attached hydrogens (tertiary/aromatic N) is 4. The van der Waals surface area contributed by atoms with Crippen molar-refractivity contribution in [3.8, 4) is 6.19 Å². The molecule has 5 nitrogen and oxygen atoms in total. The zero-order valence-electron chi connectivity index (χ0n) is 19.0. The standard InChI is InChI=1S/C24H19F7N4O/c1-13(2)21(33-12-32)35-10-22(28,11-35)15-5-3-14(4-6-15)19-9-23(36-34-19,24(29,30)31)16-7-17(25)20(27)18(26)8-16/h3-8,13H,9-11H2,1-2H3. The zero-order chi connectivity index (χ0) is 26.5. The van der Waals surface area contributed by atoms with Crippen molar-refractivity contribution in [2.45, 2.75) is 37.7 Å². The van der Waals surface area contributed by atoms with Crippen LogP contribution in [0.4, 0.5) is 30.7 Å². The number of oxime groups is 1. The van der Waals surface area contributed by atoms with Crippen LogP contribution in [0.15, 0.2) is 46.5 Å². The molecule has 2 aliphatic rings. The Morgan fingerprint density at radius 2 is 1.67 bits per heavy atom. The highest BCUT2D eigenvalue weighted by Crippen LogP contribution is 2.49. The molecule has 0 bridgehead atoms. The van der Waals surface area contributed by atoms with Crippen molar-refractivity contribution >= 4 is 11.5 Å². The fourth-order valence-corrected chi connectivity index (χ4v) is 4.33. The third kappa shape index (κ3) is 4.16. The van der Waals surface area contributed by atoms with E-state index in [-0.39, 0.29) is 48.0 Å². The van der Waals surface area contributed by atoms with Gasteiger partial charge in [0.15, 0.2) is 23.1 Å². The molecule has 190 valence electrons. The van der Waals surface area contributed by atoms with Gasteiger partial charge in [0.1, 0.15) is 5.84 Å². The van der Waals surface area contributed by atoms with Crippen molar-refractivity contribution in [3.63, 3.8) is 0 Å². The first kappa shape index (κ1) is 25.5. The summed E-state index contributed by atoms with van der Waals surface area (Å²) in [7, 11) is 0. The highest BCUT2D eigenvalue weighted by molar-refractivity contribution is 6.02. The maximum Gasteiger partial charge on any atom is 0.435 e. The molecule has 12 heteroatoms. The van der Waals surface area contributed by atoms with Gasteiger partial charge in [-0.05, 0) is 23.3 Å². The van der Waals surface area contributed by atoms with Gasteiger partial charge in [0.25, 0.3) is 5.60 Å². The summed E-state index contributed by atoms with van der Waals surface area (Å²) < 4.78 is 98.2. The van der Waals surface area contributed by atoms with Gasteiger partial charge in [-0.2, -0.15) is 23.4 Å². The lowest BCUT2D eigenvalue weighted by Gasteiger charge is -2.47. The molecule has 1 atom stereocenters. The van der Waals surface area contributed by atoms with E-state index < -0.39 is 46.9 Å². The molecule has 0 saturated carbocycles. The summed E-state index contributed by atoms with van der Waals surface area (Å²) in [5, 5.41) is 12.3. The average molecular weight is 512 g/mol. The molecule has 2 heterocycles. The maximum absolute atomic E-state index is 15.4. The van der Waals surface area contributed by atoms with E-state index in [0.717, 1.165) is 0 Å². The van der Waals surface area contributed by atoms with Gasteiger partial charge in [0, 0.05) is 17.9 Å². The lowest BCUT2D eigenvalue weighted by molar-refractivity contribution is -0.276. The molecule has 0 amide bonds. The largest absolute Gasteiger partial charge is 0.435 e. The number of likely N-dealkylation sites (tertiary alicyclic amines) is 1. The van der Waals surface area contributed by atoms with Crippen molar-refractivity contribution in [2.24, 2.45) is 16.1 Å². The molecule has 0 spiro atoms. The number of nitriles is 1. The van der Waals surface area contributed by atoms with Gasteiger partial charge < -0.3 is 9.74 Å². The minimum Gasteiger partial charge on any atom is -0.374 e. The smallest absolute Gasteiger partial charge is 0.374 e. The summed E-state index contributed by atoms with van der Waals surface area (Å²) in [6.45, 7) is 3.55. The van der Waals surface area contributed by atoms with Crippen molar-refractivity contribution in [3.05, 3.63) is 70.5 Å². The molecular formula is C24H19F7N4O. The second-order valence-electron chi connectivity index (χ2n) is 9.01. The number of amidine groups is 1. The van der Waals surface area contributed by atoms with Crippen LogP contribution in [0.5, 0.6) is 0 Å². The van der Waals surface area contributed by atoms with Crippen LogP contribution in [-0.2, 0) is 16.1 Å². The summed E-state index contributed by atoms with van der Waals surface area (Å²) in [5.74, 6) is -5.12. The molecule has 2 aromatic rings. The van der Waals surface area contributed by atoms with Crippen LogP contribution in [0.25, 0.3) is 0 Å². The van der Waals surface area contributed by atoms with Crippen LogP contribution in [-0.4, -0.2) is 35.7 Å². The highest BCUT2D eigenvalue weighted by atomic mass is 19.4. The Balaban J connectivity index is 1.55. The van der Waals surface area contributed by atoms with E-state index in [9.17, 15) is 26.3 Å². The van der Waals surface area contributed by atoms with E-state index in [0.29, 0.717) is 5.84 Å². The summed E-state index contributed by atoms with van der Waals surface area (Å²) in [5.41, 5.74) is -5.68. The third-order valence-corrected chi connectivity index (χ3v) is 6.26.